The molecular weight excluding hydrogens is 258 g/mol. The van der Waals surface area contributed by atoms with Crippen molar-refractivity contribution in [1.29, 1.82) is 0 Å². The summed E-state index contributed by atoms with van der Waals surface area (Å²) >= 11 is 3.35. The molecule has 0 radical (unpaired) electrons. The van der Waals surface area contributed by atoms with Gasteiger partial charge in [-0.15, -0.1) is 0 Å². The molecular formula is C10H11BrN3O+. The van der Waals surface area contributed by atoms with Crippen molar-refractivity contribution in [1.82, 2.24) is 9.90 Å². The molecule has 0 saturated heterocycles. The van der Waals surface area contributed by atoms with E-state index in [4.69, 9.17) is 0 Å². The van der Waals surface area contributed by atoms with E-state index in [0.29, 0.717) is 5.69 Å². The summed E-state index contributed by atoms with van der Waals surface area (Å²) in [5.41, 5.74) is 2.36. The molecule has 0 unspecified atom stereocenters. The molecule has 15 heavy (non-hydrogen) atoms. The lowest BCUT2D eigenvalue weighted by Crippen LogP contribution is -2.28. The quantitative estimate of drug-likeness (QED) is 0.791. The van der Waals surface area contributed by atoms with Gasteiger partial charge in [0.1, 0.15) is 5.69 Å². The topological polar surface area (TPSA) is 43.7 Å². The third kappa shape index (κ3) is 1.74. The van der Waals surface area contributed by atoms with Crippen LogP contribution in [-0.4, -0.2) is 9.90 Å². The van der Waals surface area contributed by atoms with Crippen molar-refractivity contribution in [3.8, 4) is 5.69 Å². The molecule has 1 N–H and O–H groups in total. The highest BCUT2D eigenvalue weighted by molar-refractivity contribution is 9.10. The Morgan fingerprint density at radius 3 is 2.33 bits per heavy atom. The minimum absolute atomic E-state index is 0.679. The number of hydrogen-bond donors (Lipinski definition) is 1. The first-order valence-corrected chi connectivity index (χ1v) is 5.36. The Labute approximate surface area is 95.2 Å². The summed E-state index contributed by atoms with van der Waals surface area (Å²) in [7, 11) is 0. The second-order valence-electron chi connectivity index (χ2n) is 3.38. The van der Waals surface area contributed by atoms with Crippen LogP contribution in [0.2, 0.25) is 0 Å². The predicted octanol–water partition coefficient (Wildman–Crippen LogP) is 2.10. The van der Waals surface area contributed by atoms with Crippen LogP contribution in [0.15, 0.2) is 28.7 Å². The van der Waals surface area contributed by atoms with Gasteiger partial charge in [0.05, 0.1) is 4.54 Å². The van der Waals surface area contributed by atoms with Gasteiger partial charge in [-0.1, -0.05) is 15.9 Å². The zero-order valence-corrected chi connectivity index (χ0v) is 10.1. The normalized spacial score (nSPS) is 10.6. The first-order chi connectivity index (χ1) is 7.09. The number of hydrogen-bond acceptors (Lipinski definition) is 1. The minimum Gasteiger partial charge on any atom is -0.166 e. The third-order valence-electron chi connectivity index (χ3n) is 2.36. The van der Waals surface area contributed by atoms with Crippen LogP contribution in [0.25, 0.3) is 5.69 Å². The third-order valence-corrected chi connectivity index (χ3v) is 2.88. The zero-order chi connectivity index (χ0) is 11.0. The second-order valence-corrected chi connectivity index (χ2v) is 4.30. The lowest BCUT2D eigenvalue weighted by Gasteiger charge is -1.94. The molecule has 1 aromatic heterocycles. The average Bonchev–Trinajstić information content (AvgIpc) is 2.47. The molecule has 0 atom stereocenters. The molecule has 0 saturated carbocycles. The highest BCUT2D eigenvalue weighted by atomic mass is 79.9. The molecule has 1 heterocycles. The number of nitrogens with zero attached hydrogens (tertiary/aromatic N) is 2. The summed E-state index contributed by atoms with van der Waals surface area (Å²) < 4.78 is 1.84. The molecule has 2 aromatic rings. The van der Waals surface area contributed by atoms with Gasteiger partial charge in [0.25, 0.3) is 0 Å². The molecule has 4 nitrogen and oxygen atoms in total. The van der Waals surface area contributed by atoms with Crippen LogP contribution in [0.4, 0.5) is 0 Å². The Morgan fingerprint density at radius 1 is 1.27 bits per heavy atom. The first kappa shape index (κ1) is 10.2. The Balaban J connectivity index is 2.59. The van der Waals surface area contributed by atoms with Crippen molar-refractivity contribution in [2.45, 2.75) is 13.8 Å². The maximum Gasteiger partial charge on any atom is 0.219 e. The Kier molecular flexibility index (Phi) is 2.48. The molecule has 0 fully saturated rings. The van der Waals surface area contributed by atoms with Crippen LogP contribution >= 0.6 is 15.9 Å². The van der Waals surface area contributed by atoms with Gasteiger partial charge in [0.15, 0.2) is 5.69 Å². The van der Waals surface area contributed by atoms with Crippen LogP contribution in [-0.2, 0) is 0 Å². The maximum absolute atomic E-state index is 11.7. The van der Waals surface area contributed by atoms with E-state index < -0.39 is 0 Å². The molecule has 0 aliphatic heterocycles. The van der Waals surface area contributed by atoms with Crippen molar-refractivity contribution in [2.75, 3.05) is 0 Å². The molecule has 0 bridgehead atoms. The van der Waals surface area contributed by atoms with E-state index in [1.807, 2.05) is 31.2 Å². The monoisotopic (exact) mass is 268 g/mol. The highest BCUT2D eigenvalue weighted by Crippen LogP contribution is 2.12. The van der Waals surface area contributed by atoms with Crippen LogP contribution in [0.1, 0.15) is 11.4 Å². The number of aryl methyl sites for hydroxylation is 1. The second kappa shape index (κ2) is 3.66. The van der Waals surface area contributed by atoms with Crippen molar-refractivity contribution in [2.24, 2.45) is 0 Å². The van der Waals surface area contributed by atoms with Crippen molar-refractivity contribution >= 4 is 15.9 Å². The number of rotatable bonds is 1. The van der Waals surface area contributed by atoms with E-state index in [1.165, 1.54) is 4.80 Å². The molecule has 0 aliphatic rings. The Hall–Kier alpha value is -1.36. The fourth-order valence-corrected chi connectivity index (χ4v) is 1.59. The standard InChI is InChI=1S/C10H11BrN3O/c1-7-8(2)14(15)13(12-7)10-5-3-9(11)4-6-10/h3-6,12H,1-2H3/q+1. The molecule has 78 valence electrons. The zero-order valence-electron chi connectivity index (χ0n) is 8.49. The van der Waals surface area contributed by atoms with Gasteiger partial charge in [0, 0.05) is 18.3 Å². The minimum atomic E-state index is 0.679. The van der Waals surface area contributed by atoms with Crippen LogP contribution < -0.4 is 4.54 Å². The van der Waals surface area contributed by atoms with Crippen molar-refractivity contribution < 1.29 is 4.54 Å². The van der Waals surface area contributed by atoms with Crippen LogP contribution in [0.3, 0.4) is 0 Å². The molecule has 0 aliphatic carbocycles. The lowest BCUT2D eigenvalue weighted by molar-refractivity contribution is -0.593. The molecule has 5 heteroatoms. The molecule has 0 spiro atoms. The number of nitrogens with one attached hydrogen (secondary N) is 1. The fourth-order valence-electron chi connectivity index (χ4n) is 1.33. The highest BCUT2D eigenvalue weighted by Gasteiger charge is 2.14. The van der Waals surface area contributed by atoms with Gasteiger partial charge in [0.2, 0.25) is 5.69 Å². The Bertz CT molecular complexity index is 539. The van der Waals surface area contributed by atoms with E-state index in [0.717, 1.165) is 20.4 Å². The molecule has 2 rings (SSSR count). The maximum atomic E-state index is 11.7. The van der Waals surface area contributed by atoms with Gasteiger partial charge in [-0.2, -0.15) is 5.10 Å². The van der Waals surface area contributed by atoms with E-state index >= 15 is 0 Å². The number of halogens is 1. The van der Waals surface area contributed by atoms with Gasteiger partial charge in [-0.25, -0.2) is 0 Å². The summed E-state index contributed by atoms with van der Waals surface area (Å²) in [6.45, 7) is 3.66. The lowest BCUT2D eigenvalue weighted by atomic mass is 10.3. The number of aromatic nitrogens is 3. The summed E-state index contributed by atoms with van der Waals surface area (Å²) in [5.74, 6) is 0. The van der Waals surface area contributed by atoms with Crippen LogP contribution in [0, 0.1) is 18.8 Å². The number of benzene rings is 1. The first-order valence-electron chi connectivity index (χ1n) is 4.56. The van der Waals surface area contributed by atoms with Gasteiger partial charge < -0.3 is 0 Å². The smallest absolute Gasteiger partial charge is 0.166 e. The number of H-pyrrole nitrogens is 1. The summed E-state index contributed by atoms with van der Waals surface area (Å²) in [5, 5.41) is 3.00. The Morgan fingerprint density at radius 2 is 1.87 bits per heavy atom. The van der Waals surface area contributed by atoms with Gasteiger partial charge >= 0.3 is 0 Å². The molecule has 0 amide bonds. The van der Waals surface area contributed by atoms with Crippen molar-refractivity contribution in [3.05, 3.63) is 45.0 Å². The summed E-state index contributed by atoms with van der Waals surface area (Å²) in [6.07, 6.45) is 0. The SMILES string of the molecule is Cc1[nH]n(-c2ccc(Br)cc2)[n+](=O)c1C. The number of aromatic amines is 1. The average molecular weight is 269 g/mol. The van der Waals surface area contributed by atoms with E-state index in [-0.39, 0.29) is 0 Å². The van der Waals surface area contributed by atoms with E-state index in [1.54, 1.807) is 6.92 Å². The summed E-state index contributed by atoms with van der Waals surface area (Å²) in [6, 6.07) is 7.53. The van der Waals surface area contributed by atoms with Gasteiger partial charge in [-0.05, 0) is 34.0 Å². The predicted molar refractivity (Wildman–Crippen MR) is 60.7 cm³/mol. The molecule has 1 aromatic carbocycles. The van der Waals surface area contributed by atoms with Gasteiger partial charge in [-0.3, -0.25) is 0 Å². The van der Waals surface area contributed by atoms with E-state index in [2.05, 4.69) is 21.0 Å². The largest absolute Gasteiger partial charge is 0.219 e. The van der Waals surface area contributed by atoms with Crippen LogP contribution in [0.5, 0.6) is 0 Å². The van der Waals surface area contributed by atoms with Crippen molar-refractivity contribution in [3.63, 3.8) is 0 Å². The summed E-state index contributed by atoms with van der Waals surface area (Å²) in [4.78, 5) is 13.2. The fraction of sp³-hybridized carbons (Fsp3) is 0.200. The van der Waals surface area contributed by atoms with E-state index in [9.17, 15) is 4.91 Å².